The number of hydrogen-bond acceptors (Lipinski definition) is 4. The zero-order valence-corrected chi connectivity index (χ0v) is 11.9. The Morgan fingerprint density at radius 1 is 1.42 bits per heavy atom. The minimum absolute atomic E-state index is 0.234. The standard InChI is InChI=1S/C13H13BrFN3O/c1-7-11(2-3-16-7)13-17-12(18-19-13)8-4-9(14)6-10(15)5-8/h4-7,11,16H,2-3H2,1H3. The highest BCUT2D eigenvalue weighted by Gasteiger charge is 2.29. The highest BCUT2D eigenvalue weighted by Crippen LogP contribution is 2.29. The zero-order chi connectivity index (χ0) is 13.4. The van der Waals surface area contributed by atoms with Crippen molar-refractivity contribution in [3.8, 4) is 11.4 Å². The molecule has 6 heteroatoms. The summed E-state index contributed by atoms with van der Waals surface area (Å²) in [6, 6.07) is 4.89. The second-order valence-electron chi connectivity index (χ2n) is 4.75. The Bertz CT molecular complexity index is 581. The van der Waals surface area contributed by atoms with Crippen molar-refractivity contribution in [1.82, 2.24) is 15.5 Å². The Morgan fingerprint density at radius 3 is 2.95 bits per heavy atom. The van der Waals surface area contributed by atoms with Gasteiger partial charge in [-0.05, 0) is 38.1 Å². The summed E-state index contributed by atoms with van der Waals surface area (Å²) in [6.45, 7) is 3.05. The van der Waals surface area contributed by atoms with E-state index in [2.05, 4.69) is 38.3 Å². The summed E-state index contributed by atoms with van der Waals surface area (Å²) in [5.74, 6) is 0.951. The van der Waals surface area contributed by atoms with Crippen molar-refractivity contribution in [1.29, 1.82) is 0 Å². The van der Waals surface area contributed by atoms with Crippen LogP contribution < -0.4 is 5.32 Å². The number of aromatic nitrogens is 2. The summed E-state index contributed by atoms with van der Waals surface area (Å²) >= 11 is 3.26. The van der Waals surface area contributed by atoms with Crippen LogP contribution in [0.15, 0.2) is 27.2 Å². The first-order valence-electron chi connectivity index (χ1n) is 6.17. The molecule has 2 aromatic rings. The van der Waals surface area contributed by atoms with Crippen molar-refractivity contribution in [3.63, 3.8) is 0 Å². The molecule has 0 aliphatic carbocycles. The minimum Gasteiger partial charge on any atom is -0.339 e. The molecule has 2 heterocycles. The van der Waals surface area contributed by atoms with Gasteiger partial charge in [0.05, 0.1) is 5.92 Å². The van der Waals surface area contributed by atoms with E-state index in [4.69, 9.17) is 4.52 Å². The van der Waals surface area contributed by atoms with E-state index in [1.165, 1.54) is 12.1 Å². The SMILES string of the molecule is CC1NCCC1c1nc(-c2cc(F)cc(Br)c2)no1. The molecule has 19 heavy (non-hydrogen) atoms. The molecule has 1 aromatic heterocycles. The van der Waals surface area contributed by atoms with Gasteiger partial charge in [-0.15, -0.1) is 0 Å². The maximum Gasteiger partial charge on any atom is 0.231 e. The van der Waals surface area contributed by atoms with Crippen LogP contribution in [0, 0.1) is 5.82 Å². The van der Waals surface area contributed by atoms with Crippen LogP contribution in [0.3, 0.4) is 0 Å². The van der Waals surface area contributed by atoms with Crippen molar-refractivity contribution in [2.24, 2.45) is 0 Å². The summed E-state index contributed by atoms with van der Waals surface area (Å²) in [4.78, 5) is 4.39. The summed E-state index contributed by atoms with van der Waals surface area (Å²) in [5, 5.41) is 7.29. The number of nitrogens with one attached hydrogen (secondary N) is 1. The lowest BCUT2D eigenvalue weighted by Gasteiger charge is -2.08. The molecule has 0 bridgehead atoms. The van der Waals surface area contributed by atoms with Crippen LogP contribution in [0.1, 0.15) is 25.2 Å². The van der Waals surface area contributed by atoms with Gasteiger partial charge >= 0.3 is 0 Å². The fourth-order valence-electron chi connectivity index (χ4n) is 2.38. The van der Waals surface area contributed by atoms with E-state index in [9.17, 15) is 4.39 Å². The second-order valence-corrected chi connectivity index (χ2v) is 5.67. The Labute approximate surface area is 118 Å². The summed E-state index contributed by atoms with van der Waals surface area (Å²) < 4.78 is 19.3. The largest absolute Gasteiger partial charge is 0.339 e. The first-order chi connectivity index (χ1) is 9.13. The van der Waals surface area contributed by atoms with Crippen LogP contribution in [-0.2, 0) is 0 Å². The lowest BCUT2D eigenvalue weighted by molar-refractivity contribution is 0.345. The molecule has 2 unspecified atom stereocenters. The van der Waals surface area contributed by atoms with Crippen LogP contribution in [0.4, 0.5) is 4.39 Å². The quantitative estimate of drug-likeness (QED) is 0.921. The molecule has 100 valence electrons. The lowest BCUT2D eigenvalue weighted by Crippen LogP contribution is -2.21. The molecule has 0 radical (unpaired) electrons. The molecule has 1 N–H and O–H groups in total. The van der Waals surface area contributed by atoms with Gasteiger partial charge in [0.2, 0.25) is 11.7 Å². The van der Waals surface area contributed by atoms with Crippen LogP contribution in [0.2, 0.25) is 0 Å². The smallest absolute Gasteiger partial charge is 0.231 e. The molecular weight excluding hydrogens is 313 g/mol. The molecule has 3 rings (SSSR count). The number of hydrogen-bond donors (Lipinski definition) is 1. The normalized spacial score (nSPS) is 22.9. The fraction of sp³-hybridized carbons (Fsp3) is 0.385. The molecule has 0 saturated carbocycles. The van der Waals surface area contributed by atoms with Gasteiger partial charge in [-0.25, -0.2) is 4.39 Å². The number of halogens is 2. The Balaban J connectivity index is 1.92. The van der Waals surface area contributed by atoms with Crippen molar-refractivity contribution in [3.05, 3.63) is 34.4 Å². The van der Waals surface area contributed by atoms with Gasteiger partial charge in [-0.2, -0.15) is 4.98 Å². The van der Waals surface area contributed by atoms with E-state index in [1.807, 2.05) is 0 Å². The number of benzene rings is 1. The van der Waals surface area contributed by atoms with Gasteiger partial charge in [-0.1, -0.05) is 21.1 Å². The molecule has 1 aliphatic heterocycles. The van der Waals surface area contributed by atoms with Crippen LogP contribution in [0.5, 0.6) is 0 Å². The maximum absolute atomic E-state index is 13.4. The predicted molar refractivity (Wildman–Crippen MR) is 72.2 cm³/mol. The second kappa shape index (κ2) is 5.02. The maximum atomic E-state index is 13.4. The topological polar surface area (TPSA) is 51.0 Å². The molecule has 0 amide bonds. The molecule has 1 aliphatic rings. The molecule has 1 fully saturated rings. The molecule has 1 aromatic carbocycles. The molecule has 2 atom stereocenters. The highest BCUT2D eigenvalue weighted by atomic mass is 79.9. The number of nitrogens with zero attached hydrogens (tertiary/aromatic N) is 2. The summed E-state index contributed by atoms with van der Waals surface area (Å²) in [6.07, 6.45) is 0.982. The third kappa shape index (κ3) is 2.55. The van der Waals surface area contributed by atoms with Crippen LogP contribution in [0.25, 0.3) is 11.4 Å². The van der Waals surface area contributed by atoms with E-state index in [0.717, 1.165) is 13.0 Å². The first-order valence-corrected chi connectivity index (χ1v) is 6.96. The molecule has 4 nitrogen and oxygen atoms in total. The molecular formula is C13H13BrFN3O. The van der Waals surface area contributed by atoms with Crippen LogP contribution in [-0.4, -0.2) is 22.7 Å². The fourth-order valence-corrected chi connectivity index (χ4v) is 2.85. The zero-order valence-electron chi connectivity index (χ0n) is 10.4. The van der Waals surface area contributed by atoms with Gasteiger partial charge in [0.25, 0.3) is 0 Å². The van der Waals surface area contributed by atoms with E-state index in [1.54, 1.807) is 6.07 Å². The van der Waals surface area contributed by atoms with E-state index >= 15 is 0 Å². The van der Waals surface area contributed by atoms with Crippen molar-refractivity contribution in [2.45, 2.75) is 25.3 Å². The third-order valence-electron chi connectivity index (χ3n) is 3.40. The van der Waals surface area contributed by atoms with E-state index < -0.39 is 0 Å². The predicted octanol–water partition coefficient (Wildman–Crippen LogP) is 3.10. The highest BCUT2D eigenvalue weighted by molar-refractivity contribution is 9.10. The van der Waals surface area contributed by atoms with Crippen molar-refractivity contribution < 1.29 is 8.91 Å². The molecule has 0 spiro atoms. The van der Waals surface area contributed by atoms with Crippen molar-refractivity contribution in [2.75, 3.05) is 6.54 Å². The Morgan fingerprint density at radius 2 is 2.26 bits per heavy atom. The summed E-state index contributed by atoms with van der Waals surface area (Å²) in [7, 11) is 0. The first kappa shape index (κ1) is 12.7. The van der Waals surface area contributed by atoms with Gasteiger partial charge in [0.15, 0.2) is 0 Å². The van der Waals surface area contributed by atoms with E-state index in [-0.39, 0.29) is 11.7 Å². The van der Waals surface area contributed by atoms with Crippen molar-refractivity contribution >= 4 is 15.9 Å². The monoisotopic (exact) mass is 325 g/mol. The third-order valence-corrected chi connectivity index (χ3v) is 3.86. The average Bonchev–Trinajstić information content (AvgIpc) is 2.95. The van der Waals surface area contributed by atoms with Gasteiger partial charge in [0.1, 0.15) is 5.82 Å². The molecule has 1 saturated heterocycles. The number of rotatable bonds is 2. The lowest BCUT2D eigenvalue weighted by atomic mass is 10.0. The van der Waals surface area contributed by atoms with Gasteiger partial charge < -0.3 is 9.84 Å². The minimum atomic E-state index is -0.327. The van der Waals surface area contributed by atoms with Gasteiger partial charge in [0, 0.05) is 16.1 Å². The van der Waals surface area contributed by atoms with E-state index in [0.29, 0.717) is 27.8 Å². The van der Waals surface area contributed by atoms with Gasteiger partial charge in [-0.3, -0.25) is 0 Å². The summed E-state index contributed by atoms with van der Waals surface area (Å²) in [5.41, 5.74) is 0.612. The average molecular weight is 326 g/mol. The van der Waals surface area contributed by atoms with Crippen LogP contribution >= 0.6 is 15.9 Å². The Hall–Kier alpha value is -1.27. The Kier molecular flexibility index (Phi) is 3.36.